The summed E-state index contributed by atoms with van der Waals surface area (Å²) in [6.07, 6.45) is 0.813. The van der Waals surface area contributed by atoms with Gasteiger partial charge in [-0.2, -0.15) is 8.61 Å². The van der Waals surface area contributed by atoms with Crippen molar-refractivity contribution in [2.75, 3.05) is 53.5 Å². The molecule has 4 aromatic rings. The summed E-state index contributed by atoms with van der Waals surface area (Å²) in [5.74, 6) is 0.245. The van der Waals surface area contributed by atoms with Crippen molar-refractivity contribution in [3.8, 4) is 11.5 Å². The smallest absolute Gasteiger partial charge is 0.243 e. The molecule has 22 heteroatoms. The van der Waals surface area contributed by atoms with Gasteiger partial charge < -0.3 is 30.7 Å². The molecule has 0 spiro atoms. The van der Waals surface area contributed by atoms with Crippen LogP contribution in [0.2, 0.25) is 0 Å². The number of aliphatic hydroxyl groups is 2. The van der Waals surface area contributed by atoms with Crippen molar-refractivity contribution in [3.63, 3.8) is 0 Å². The lowest BCUT2D eigenvalue weighted by atomic mass is 9.87. The van der Waals surface area contributed by atoms with Crippen LogP contribution in [-0.2, 0) is 32.9 Å². The Labute approximate surface area is 420 Å². The molecule has 384 valence electrons. The van der Waals surface area contributed by atoms with Crippen molar-refractivity contribution >= 4 is 33.7 Å². The summed E-state index contributed by atoms with van der Waals surface area (Å²) in [6.45, 7) is 8.23. The number of nitrogens with two attached hydrogens (primary N) is 1. The van der Waals surface area contributed by atoms with Gasteiger partial charge in [0.2, 0.25) is 27.9 Å². The van der Waals surface area contributed by atoms with Crippen LogP contribution in [0, 0.1) is 10.8 Å². The summed E-state index contributed by atoms with van der Waals surface area (Å²) < 4.78 is 67.4. The number of nitrogens with zero attached hydrogens (tertiary/aromatic N) is 8. The minimum Gasteiger partial charge on any atom is -0.497 e. The summed E-state index contributed by atoms with van der Waals surface area (Å²) in [4.78, 5) is 17.4. The molecule has 5 N–H and O–H groups in total. The largest absolute Gasteiger partial charge is 0.497 e. The number of carbonyl (C=O) groups is 1. The Morgan fingerprint density at radius 3 is 1.42 bits per heavy atom. The van der Waals surface area contributed by atoms with Crippen molar-refractivity contribution < 1.29 is 41.3 Å². The van der Waals surface area contributed by atoms with Crippen LogP contribution in [0.1, 0.15) is 64.5 Å². The predicted octanol–water partition coefficient (Wildman–Crippen LogP) is 7.39. The second-order valence-electron chi connectivity index (χ2n) is 18.7. The predicted molar refractivity (Wildman–Crippen MR) is 276 cm³/mol. The van der Waals surface area contributed by atoms with Crippen LogP contribution in [-0.4, -0.2) is 127 Å². The quantitative estimate of drug-likeness (QED) is 0.0138. The Balaban J connectivity index is 0.000000377. The molecular formula is C49H69BN10O9S2. The molecule has 4 rings (SSSR count). The maximum absolute atomic E-state index is 13.7. The van der Waals surface area contributed by atoms with Gasteiger partial charge in [0.05, 0.1) is 42.3 Å². The minimum atomic E-state index is -4.03. The summed E-state index contributed by atoms with van der Waals surface area (Å²) in [6, 6.07) is 29.5. The third-order valence-electron chi connectivity index (χ3n) is 11.6. The van der Waals surface area contributed by atoms with Gasteiger partial charge in [0.15, 0.2) is 5.81 Å². The van der Waals surface area contributed by atoms with Crippen molar-refractivity contribution in [2.24, 2.45) is 26.8 Å². The van der Waals surface area contributed by atoms with Crippen LogP contribution in [0.5, 0.6) is 11.5 Å². The number of methoxy groups -OCH3 is 2. The van der Waals surface area contributed by atoms with E-state index in [2.05, 4.69) is 25.4 Å². The van der Waals surface area contributed by atoms with Crippen LogP contribution in [0.25, 0.3) is 20.9 Å². The number of amides is 1. The first-order valence-electron chi connectivity index (χ1n) is 23.1. The zero-order chi connectivity index (χ0) is 52.7. The van der Waals surface area contributed by atoms with E-state index in [4.69, 9.17) is 34.1 Å². The van der Waals surface area contributed by atoms with Gasteiger partial charge in [-0.1, -0.05) is 98.6 Å². The van der Waals surface area contributed by atoms with Crippen molar-refractivity contribution in [1.29, 1.82) is 0 Å². The third kappa shape index (κ3) is 20.5. The number of ether oxygens (including phenoxy) is 2. The number of hydrogen-bond donors (Lipinski definition) is 4. The fraction of sp³-hybridized carbons (Fsp3) is 0.490. The van der Waals surface area contributed by atoms with Gasteiger partial charge >= 0.3 is 0 Å². The fourth-order valence-corrected chi connectivity index (χ4v) is 11.1. The van der Waals surface area contributed by atoms with Crippen LogP contribution >= 0.6 is 0 Å². The van der Waals surface area contributed by atoms with Gasteiger partial charge in [0.25, 0.3) is 0 Å². The lowest BCUT2D eigenvalue weighted by Gasteiger charge is -2.35. The van der Waals surface area contributed by atoms with Gasteiger partial charge in [0, 0.05) is 55.1 Å². The van der Waals surface area contributed by atoms with Crippen molar-refractivity contribution in [2.45, 2.75) is 100 Å². The number of sulfonamides is 2. The molecule has 2 radical (unpaired) electrons. The average molecular weight is 1020 g/mol. The van der Waals surface area contributed by atoms with E-state index in [1.807, 2.05) is 88.4 Å². The molecule has 0 saturated carbocycles. The molecule has 0 aromatic heterocycles. The molecule has 1 amide bonds. The van der Waals surface area contributed by atoms with Crippen LogP contribution in [0.3, 0.4) is 0 Å². The molecule has 0 aliphatic carbocycles. The number of azide groups is 2. The van der Waals surface area contributed by atoms with Gasteiger partial charge in [-0.05, 0) is 120 Å². The standard InChI is InChI=1S/C25H34BN5O5S.C24H35N5O4S/c1-25(2,14-7-15-28-30-27)18-31(37(34,35)21-12-10-20(36-3)11-13-21)17-23(32)22(29-24(26)33)16-19-8-5-4-6-9-19;1-24(2,14-7-15-27-28-26)18-29(34(31,32)21-12-10-20(33-3)11-13-21)17-23(30)22(25)16-19-8-5-4-6-9-19/h4-6,8-13,22-23,32H,7,14-18H2,1-3H3,(H,29,33);4-6,8-13,22-23,30H,7,14-18,25H2,1-3H3/t2*22-,23+/m00/s1. The van der Waals surface area contributed by atoms with Gasteiger partial charge in [-0.15, -0.1) is 0 Å². The first-order valence-corrected chi connectivity index (χ1v) is 26.0. The van der Waals surface area contributed by atoms with E-state index in [9.17, 15) is 31.8 Å². The molecule has 0 fully saturated rings. The summed E-state index contributed by atoms with van der Waals surface area (Å²) in [5, 5.41) is 31.7. The number of rotatable bonds is 29. The lowest BCUT2D eigenvalue weighted by molar-refractivity contribution is 0.0969. The first kappa shape index (κ1) is 59.6. The zero-order valence-electron chi connectivity index (χ0n) is 41.5. The molecule has 19 nitrogen and oxygen atoms in total. The summed E-state index contributed by atoms with van der Waals surface area (Å²) in [5.41, 5.74) is 24.2. The fourth-order valence-electron chi connectivity index (χ4n) is 7.78. The van der Waals surface area contributed by atoms with Gasteiger partial charge in [-0.3, -0.25) is 4.79 Å². The van der Waals surface area contributed by atoms with E-state index < -0.39 is 61.0 Å². The normalized spacial score (nSPS) is 13.6. The Morgan fingerprint density at radius 1 is 0.676 bits per heavy atom. The number of hydrogen-bond acceptors (Lipinski definition) is 12. The minimum absolute atomic E-state index is 0.0489. The van der Waals surface area contributed by atoms with Crippen molar-refractivity contribution in [1.82, 2.24) is 13.9 Å². The van der Waals surface area contributed by atoms with E-state index in [-0.39, 0.29) is 42.4 Å². The highest BCUT2D eigenvalue weighted by atomic mass is 32.2. The monoisotopic (exact) mass is 1020 g/mol. The SMILES string of the molecule is COc1ccc(S(=O)(=O)N(C[C@@H](O)[C@@H](N)Cc2ccccc2)CC(C)(C)CCCN=[N+]=[N-])cc1.[B]C(=O)N[C@@H](Cc1ccccc1)[C@H](O)CN(CC(C)(C)CCCN=[N+]=[N-])S(=O)(=O)c1ccc(OC)cc1. The number of aliphatic hydroxyl groups excluding tert-OH is 2. The summed E-state index contributed by atoms with van der Waals surface area (Å²) >= 11 is 0. The Morgan fingerprint density at radius 2 is 1.06 bits per heavy atom. The topological polar surface area (TPSA) is 286 Å². The second-order valence-corrected chi connectivity index (χ2v) is 22.6. The molecule has 0 saturated heterocycles. The van der Waals surface area contributed by atoms with Gasteiger partial charge in [0.1, 0.15) is 11.5 Å². The number of carbonyl (C=O) groups excluding carboxylic acids is 1. The van der Waals surface area contributed by atoms with E-state index in [1.54, 1.807) is 24.3 Å². The second kappa shape index (κ2) is 29.0. The lowest BCUT2D eigenvalue weighted by Crippen LogP contribution is -2.51. The highest BCUT2D eigenvalue weighted by Crippen LogP contribution is 2.30. The van der Waals surface area contributed by atoms with E-state index in [0.29, 0.717) is 56.7 Å². The molecule has 71 heavy (non-hydrogen) atoms. The highest BCUT2D eigenvalue weighted by Gasteiger charge is 2.36. The average Bonchev–Trinajstić information content (AvgIpc) is 3.34. The summed E-state index contributed by atoms with van der Waals surface area (Å²) in [7, 11) is 0.416. The Hall–Kier alpha value is -5.67. The molecule has 4 atom stereocenters. The van der Waals surface area contributed by atoms with Crippen LogP contribution in [0.15, 0.2) is 129 Å². The van der Waals surface area contributed by atoms with Crippen LogP contribution in [0.4, 0.5) is 4.79 Å². The zero-order valence-corrected chi connectivity index (χ0v) is 43.1. The maximum Gasteiger partial charge on any atom is 0.243 e. The molecule has 0 bridgehead atoms. The van der Waals surface area contributed by atoms with Crippen molar-refractivity contribution in [3.05, 3.63) is 141 Å². The number of benzene rings is 4. The Kier molecular flexibility index (Phi) is 24.4. The molecule has 4 aromatic carbocycles. The van der Waals surface area contributed by atoms with Crippen LogP contribution < -0.4 is 20.5 Å². The van der Waals surface area contributed by atoms with E-state index in [1.165, 1.54) is 47.1 Å². The highest BCUT2D eigenvalue weighted by molar-refractivity contribution is 7.89. The molecule has 0 heterocycles. The molecule has 0 aliphatic heterocycles. The van der Waals surface area contributed by atoms with E-state index >= 15 is 0 Å². The number of nitrogens with one attached hydrogen (secondary N) is 1. The van der Waals surface area contributed by atoms with E-state index in [0.717, 1.165) is 11.1 Å². The first-order chi connectivity index (χ1) is 33.6. The van der Waals surface area contributed by atoms with Gasteiger partial charge in [-0.25, -0.2) is 16.8 Å². The maximum atomic E-state index is 13.7. The molecule has 0 unspecified atom stereocenters. The Bertz CT molecular complexity index is 2550. The molecule has 0 aliphatic rings. The molecular weight excluding hydrogens is 948 g/mol. The third-order valence-corrected chi connectivity index (χ3v) is 15.3.